The smallest absolute Gasteiger partial charge is 0.251 e. The van der Waals surface area contributed by atoms with Crippen molar-refractivity contribution in [2.24, 2.45) is 5.92 Å². The average Bonchev–Trinajstić information content (AvgIpc) is 3.43. The monoisotopic (exact) mass is 348 g/mol. The van der Waals surface area contributed by atoms with Crippen LogP contribution in [0, 0.1) is 12.8 Å². The third-order valence-electron chi connectivity index (χ3n) is 5.36. The molecule has 4 rings (SSSR count). The number of benzene rings is 2. The maximum Gasteiger partial charge on any atom is 0.251 e. The number of carbonyl (C=O) groups excluding carboxylic acids is 2. The van der Waals surface area contributed by atoms with Crippen LogP contribution in [0.15, 0.2) is 48.5 Å². The molecule has 0 aromatic heterocycles. The highest BCUT2D eigenvalue weighted by atomic mass is 16.2. The highest BCUT2D eigenvalue weighted by Crippen LogP contribution is 2.32. The maximum atomic E-state index is 12.6. The van der Waals surface area contributed by atoms with Gasteiger partial charge in [-0.1, -0.05) is 36.4 Å². The normalized spacial score (nSPS) is 19.7. The van der Waals surface area contributed by atoms with Gasteiger partial charge in [-0.25, -0.2) is 0 Å². The molecule has 1 saturated heterocycles. The zero-order valence-corrected chi connectivity index (χ0v) is 15.1. The van der Waals surface area contributed by atoms with Gasteiger partial charge in [-0.15, -0.1) is 0 Å². The zero-order valence-electron chi connectivity index (χ0n) is 15.1. The molecule has 2 aliphatic rings. The standard InChI is InChI=1S/C22H24N2O2/c1-15-5-2-3-8-20(15)17-6-4-7-18(12-17)22(26)23-13-16-11-21(25)24(14-16)19-9-10-19/h2-8,12,16,19H,9-11,13-14H2,1H3,(H,23,26). The lowest BCUT2D eigenvalue weighted by atomic mass is 9.99. The van der Waals surface area contributed by atoms with Gasteiger partial charge in [-0.3, -0.25) is 9.59 Å². The summed E-state index contributed by atoms with van der Waals surface area (Å²) in [6, 6.07) is 16.4. The quantitative estimate of drug-likeness (QED) is 0.900. The molecule has 1 N–H and O–H groups in total. The predicted molar refractivity (Wildman–Crippen MR) is 102 cm³/mol. The minimum absolute atomic E-state index is 0.0715. The Morgan fingerprint density at radius 2 is 1.96 bits per heavy atom. The number of nitrogens with one attached hydrogen (secondary N) is 1. The minimum Gasteiger partial charge on any atom is -0.352 e. The average molecular weight is 348 g/mol. The first-order chi connectivity index (χ1) is 12.6. The Bertz CT molecular complexity index is 842. The lowest BCUT2D eigenvalue weighted by molar-refractivity contribution is -0.128. The van der Waals surface area contributed by atoms with Crippen LogP contribution in [0.25, 0.3) is 11.1 Å². The van der Waals surface area contributed by atoms with E-state index in [0.29, 0.717) is 24.6 Å². The highest BCUT2D eigenvalue weighted by Gasteiger charge is 2.39. The van der Waals surface area contributed by atoms with Crippen molar-refractivity contribution in [3.8, 4) is 11.1 Å². The summed E-state index contributed by atoms with van der Waals surface area (Å²) in [5, 5.41) is 3.02. The van der Waals surface area contributed by atoms with E-state index in [9.17, 15) is 9.59 Å². The second-order valence-electron chi connectivity index (χ2n) is 7.45. The van der Waals surface area contributed by atoms with Crippen molar-refractivity contribution in [3.63, 3.8) is 0 Å². The van der Waals surface area contributed by atoms with E-state index in [0.717, 1.165) is 30.5 Å². The van der Waals surface area contributed by atoms with Crippen molar-refractivity contribution < 1.29 is 9.59 Å². The van der Waals surface area contributed by atoms with Crippen molar-refractivity contribution in [2.75, 3.05) is 13.1 Å². The van der Waals surface area contributed by atoms with Crippen molar-refractivity contribution in [1.82, 2.24) is 10.2 Å². The summed E-state index contributed by atoms with van der Waals surface area (Å²) in [7, 11) is 0. The zero-order chi connectivity index (χ0) is 18.1. The Balaban J connectivity index is 1.40. The number of hydrogen-bond acceptors (Lipinski definition) is 2. The van der Waals surface area contributed by atoms with Gasteiger partial charge in [-0.2, -0.15) is 0 Å². The molecular weight excluding hydrogens is 324 g/mol. The summed E-state index contributed by atoms with van der Waals surface area (Å²) in [5.41, 5.74) is 4.04. The molecule has 0 spiro atoms. The molecule has 2 fully saturated rings. The Labute approximate surface area is 154 Å². The first-order valence-corrected chi connectivity index (χ1v) is 9.35. The predicted octanol–water partition coefficient (Wildman–Crippen LogP) is 3.40. The van der Waals surface area contributed by atoms with Crippen molar-refractivity contribution >= 4 is 11.8 Å². The number of carbonyl (C=O) groups is 2. The molecule has 134 valence electrons. The number of likely N-dealkylation sites (tertiary alicyclic amines) is 1. The van der Waals surface area contributed by atoms with Crippen LogP contribution in [0.2, 0.25) is 0 Å². The van der Waals surface area contributed by atoms with Crippen LogP contribution in [0.5, 0.6) is 0 Å². The largest absolute Gasteiger partial charge is 0.352 e. The number of nitrogens with zero attached hydrogens (tertiary/aromatic N) is 1. The van der Waals surface area contributed by atoms with Gasteiger partial charge in [0.15, 0.2) is 0 Å². The van der Waals surface area contributed by atoms with E-state index in [1.807, 2.05) is 41.3 Å². The number of amides is 2. The molecule has 1 aliphatic carbocycles. The molecule has 2 amide bonds. The van der Waals surface area contributed by atoms with Crippen LogP contribution < -0.4 is 5.32 Å². The van der Waals surface area contributed by atoms with Gasteiger partial charge in [-0.05, 0) is 48.6 Å². The van der Waals surface area contributed by atoms with Gasteiger partial charge in [0.25, 0.3) is 5.91 Å². The molecular formula is C22H24N2O2. The Morgan fingerprint density at radius 3 is 2.73 bits per heavy atom. The minimum atomic E-state index is -0.0715. The van der Waals surface area contributed by atoms with Crippen LogP contribution in [0.3, 0.4) is 0 Å². The van der Waals surface area contributed by atoms with Crippen LogP contribution in [-0.4, -0.2) is 35.8 Å². The van der Waals surface area contributed by atoms with E-state index in [1.165, 1.54) is 5.56 Å². The Hall–Kier alpha value is -2.62. The van der Waals surface area contributed by atoms with Crippen LogP contribution in [0.4, 0.5) is 0 Å². The third kappa shape index (κ3) is 3.50. The molecule has 4 heteroatoms. The topological polar surface area (TPSA) is 49.4 Å². The number of rotatable bonds is 5. The Kier molecular flexibility index (Phi) is 4.49. The summed E-state index contributed by atoms with van der Waals surface area (Å²) >= 11 is 0. The third-order valence-corrected chi connectivity index (χ3v) is 5.36. The summed E-state index contributed by atoms with van der Waals surface area (Å²) in [4.78, 5) is 26.6. The molecule has 1 saturated carbocycles. The van der Waals surface area contributed by atoms with E-state index in [4.69, 9.17) is 0 Å². The molecule has 2 aromatic carbocycles. The summed E-state index contributed by atoms with van der Waals surface area (Å²) in [6.07, 6.45) is 2.83. The van der Waals surface area contributed by atoms with E-state index >= 15 is 0 Å². The SMILES string of the molecule is Cc1ccccc1-c1cccc(C(=O)NCC2CC(=O)N(C3CC3)C2)c1. The van der Waals surface area contributed by atoms with Gasteiger partial charge >= 0.3 is 0 Å². The van der Waals surface area contributed by atoms with Crippen LogP contribution in [0.1, 0.15) is 35.2 Å². The molecule has 1 aliphatic heterocycles. The molecule has 2 aromatic rings. The fourth-order valence-electron chi connectivity index (χ4n) is 3.75. The fraction of sp³-hybridized carbons (Fsp3) is 0.364. The summed E-state index contributed by atoms with van der Waals surface area (Å²) in [6.45, 7) is 3.42. The van der Waals surface area contributed by atoms with E-state index in [-0.39, 0.29) is 17.7 Å². The molecule has 1 heterocycles. The van der Waals surface area contributed by atoms with Gasteiger partial charge in [0.2, 0.25) is 5.91 Å². The molecule has 0 radical (unpaired) electrons. The van der Waals surface area contributed by atoms with Crippen molar-refractivity contribution in [1.29, 1.82) is 0 Å². The summed E-state index contributed by atoms with van der Waals surface area (Å²) in [5.74, 6) is 0.401. The number of aryl methyl sites for hydroxylation is 1. The van der Waals surface area contributed by atoms with E-state index < -0.39 is 0 Å². The van der Waals surface area contributed by atoms with Crippen LogP contribution >= 0.6 is 0 Å². The van der Waals surface area contributed by atoms with Gasteiger partial charge in [0.1, 0.15) is 0 Å². The lowest BCUT2D eigenvalue weighted by Gasteiger charge is -2.16. The maximum absolute atomic E-state index is 12.6. The molecule has 4 nitrogen and oxygen atoms in total. The van der Waals surface area contributed by atoms with Crippen molar-refractivity contribution in [2.45, 2.75) is 32.2 Å². The molecule has 26 heavy (non-hydrogen) atoms. The first-order valence-electron chi connectivity index (χ1n) is 9.35. The van der Waals surface area contributed by atoms with Crippen LogP contribution in [-0.2, 0) is 4.79 Å². The van der Waals surface area contributed by atoms with E-state index in [1.54, 1.807) is 0 Å². The lowest BCUT2D eigenvalue weighted by Crippen LogP contribution is -2.32. The summed E-state index contributed by atoms with van der Waals surface area (Å²) < 4.78 is 0. The van der Waals surface area contributed by atoms with Gasteiger partial charge in [0, 0.05) is 37.0 Å². The fourth-order valence-corrected chi connectivity index (χ4v) is 3.75. The van der Waals surface area contributed by atoms with Gasteiger partial charge in [0.05, 0.1) is 0 Å². The van der Waals surface area contributed by atoms with E-state index in [2.05, 4.69) is 24.4 Å². The van der Waals surface area contributed by atoms with Crippen molar-refractivity contribution in [3.05, 3.63) is 59.7 Å². The first kappa shape index (κ1) is 16.8. The number of hydrogen-bond donors (Lipinski definition) is 1. The molecule has 0 bridgehead atoms. The second kappa shape index (κ2) is 6.94. The molecule has 1 unspecified atom stereocenters. The molecule has 1 atom stereocenters. The van der Waals surface area contributed by atoms with Gasteiger partial charge < -0.3 is 10.2 Å². The highest BCUT2D eigenvalue weighted by molar-refractivity contribution is 5.95. The Morgan fingerprint density at radius 1 is 1.15 bits per heavy atom. The second-order valence-corrected chi connectivity index (χ2v) is 7.45.